The smallest absolute Gasteiger partial charge is 0.246 e. The maximum atomic E-state index is 14.1. The summed E-state index contributed by atoms with van der Waals surface area (Å²) < 4.78 is 40.3. The Morgan fingerprint density at radius 2 is 2.00 bits per heavy atom. The second kappa shape index (κ2) is 4.94. The first-order valence-corrected chi connectivity index (χ1v) is 7.48. The highest BCUT2D eigenvalue weighted by atomic mass is 32.2. The van der Waals surface area contributed by atoms with E-state index in [0.29, 0.717) is 19.5 Å². The lowest BCUT2D eigenvalue weighted by molar-refractivity contribution is 0.423. The van der Waals surface area contributed by atoms with Crippen molar-refractivity contribution in [2.45, 2.75) is 25.2 Å². The van der Waals surface area contributed by atoms with Crippen LogP contribution in [0.15, 0.2) is 28.7 Å². The minimum Gasteiger partial charge on any atom is -0.399 e. The van der Waals surface area contributed by atoms with Crippen LogP contribution in [-0.2, 0) is 10.0 Å². The molecule has 4 nitrogen and oxygen atoms in total. The summed E-state index contributed by atoms with van der Waals surface area (Å²) in [6.07, 6.45) is 2.64. The lowest BCUT2D eigenvalue weighted by atomic mass is 10.2. The van der Waals surface area contributed by atoms with Crippen LogP contribution in [0.25, 0.3) is 0 Å². The summed E-state index contributed by atoms with van der Waals surface area (Å²) in [7, 11) is -3.83. The summed E-state index contributed by atoms with van der Waals surface area (Å²) in [5, 5.41) is 0. The van der Waals surface area contributed by atoms with E-state index in [1.165, 1.54) is 23.4 Å². The molecule has 0 aromatic heterocycles. The van der Waals surface area contributed by atoms with E-state index >= 15 is 0 Å². The van der Waals surface area contributed by atoms with Gasteiger partial charge in [-0.3, -0.25) is 0 Å². The Balaban J connectivity index is 2.48. The van der Waals surface area contributed by atoms with Gasteiger partial charge >= 0.3 is 0 Å². The fourth-order valence-electron chi connectivity index (χ4n) is 2.17. The average molecular weight is 284 g/mol. The fourth-order valence-corrected chi connectivity index (χ4v) is 3.84. The molecule has 104 valence electrons. The van der Waals surface area contributed by atoms with Crippen molar-refractivity contribution >= 4 is 15.7 Å². The summed E-state index contributed by atoms with van der Waals surface area (Å²) in [6.45, 7) is 4.04. The minimum atomic E-state index is -3.83. The van der Waals surface area contributed by atoms with Gasteiger partial charge in [-0.25, -0.2) is 12.8 Å². The summed E-state index contributed by atoms with van der Waals surface area (Å²) in [6, 6.07) is 2.61. The number of rotatable bonds is 2. The predicted molar refractivity (Wildman–Crippen MR) is 72.7 cm³/mol. The number of halogens is 1. The summed E-state index contributed by atoms with van der Waals surface area (Å²) in [4.78, 5) is -0.334. The molecular weight excluding hydrogens is 267 g/mol. The molecule has 0 spiro atoms. The lowest BCUT2D eigenvalue weighted by Crippen LogP contribution is -2.36. The third-order valence-corrected chi connectivity index (χ3v) is 5.00. The van der Waals surface area contributed by atoms with Crippen LogP contribution in [0.5, 0.6) is 0 Å². The van der Waals surface area contributed by atoms with Crippen molar-refractivity contribution in [2.24, 2.45) is 0 Å². The summed E-state index contributed by atoms with van der Waals surface area (Å²) in [5.41, 5.74) is 7.08. The maximum absolute atomic E-state index is 14.1. The van der Waals surface area contributed by atoms with Gasteiger partial charge in [0.2, 0.25) is 10.0 Å². The molecule has 0 atom stereocenters. The maximum Gasteiger partial charge on any atom is 0.246 e. The van der Waals surface area contributed by atoms with Gasteiger partial charge < -0.3 is 5.73 Å². The number of aryl methyl sites for hydroxylation is 1. The highest BCUT2D eigenvalue weighted by Gasteiger charge is 2.29. The first-order chi connectivity index (χ1) is 8.82. The van der Waals surface area contributed by atoms with Crippen LogP contribution < -0.4 is 5.73 Å². The van der Waals surface area contributed by atoms with Crippen LogP contribution in [-0.4, -0.2) is 25.8 Å². The van der Waals surface area contributed by atoms with Crippen LogP contribution in [0.2, 0.25) is 0 Å². The van der Waals surface area contributed by atoms with Crippen LogP contribution >= 0.6 is 0 Å². The third-order valence-electron chi connectivity index (χ3n) is 3.16. The lowest BCUT2D eigenvalue weighted by Gasteiger charge is -2.26. The van der Waals surface area contributed by atoms with E-state index in [1.807, 2.05) is 13.0 Å². The Labute approximate surface area is 112 Å². The van der Waals surface area contributed by atoms with Gasteiger partial charge in [-0.05, 0) is 38.0 Å². The highest BCUT2D eigenvalue weighted by Crippen LogP contribution is 2.26. The Kier molecular flexibility index (Phi) is 3.64. The zero-order valence-corrected chi connectivity index (χ0v) is 11.8. The van der Waals surface area contributed by atoms with Gasteiger partial charge in [-0.15, -0.1) is 0 Å². The van der Waals surface area contributed by atoms with Crippen molar-refractivity contribution in [3.05, 3.63) is 35.2 Å². The normalized spacial score (nSPS) is 17.3. The van der Waals surface area contributed by atoms with Gasteiger partial charge in [-0.2, -0.15) is 4.31 Å². The summed E-state index contributed by atoms with van der Waals surface area (Å²) >= 11 is 0. The molecule has 0 amide bonds. The van der Waals surface area contributed by atoms with E-state index in [1.54, 1.807) is 0 Å². The second-order valence-corrected chi connectivity index (χ2v) is 6.73. The van der Waals surface area contributed by atoms with Gasteiger partial charge in [0.25, 0.3) is 0 Å². The topological polar surface area (TPSA) is 63.4 Å². The zero-order chi connectivity index (χ0) is 14.2. The molecule has 0 radical (unpaired) electrons. The van der Waals surface area contributed by atoms with Gasteiger partial charge in [0, 0.05) is 18.8 Å². The Bertz CT molecular complexity index is 638. The largest absolute Gasteiger partial charge is 0.399 e. The number of benzene rings is 1. The van der Waals surface area contributed by atoms with E-state index in [-0.39, 0.29) is 16.1 Å². The van der Waals surface area contributed by atoms with Crippen molar-refractivity contribution in [3.63, 3.8) is 0 Å². The molecule has 19 heavy (non-hydrogen) atoms. The second-order valence-electron chi connectivity index (χ2n) is 4.83. The molecule has 1 heterocycles. The first-order valence-electron chi connectivity index (χ1n) is 6.04. The SMILES string of the molecule is CC1=CCCN(S(=O)(=O)c2cc(N)cc(C)c2F)C1. The van der Waals surface area contributed by atoms with Crippen molar-refractivity contribution in [2.75, 3.05) is 18.8 Å². The molecule has 1 aliphatic rings. The average Bonchev–Trinajstić information content (AvgIpc) is 2.33. The van der Waals surface area contributed by atoms with Crippen molar-refractivity contribution in [3.8, 4) is 0 Å². The van der Waals surface area contributed by atoms with E-state index in [9.17, 15) is 12.8 Å². The molecule has 0 fully saturated rings. The fraction of sp³-hybridized carbons (Fsp3) is 0.385. The predicted octanol–water partition coefficient (Wildman–Crippen LogP) is 2.06. The van der Waals surface area contributed by atoms with Crippen LogP contribution in [0.1, 0.15) is 18.9 Å². The van der Waals surface area contributed by atoms with E-state index < -0.39 is 15.8 Å². The van der Waals surface area contributed by atoms with Crippen LogP contribution in [0.3, 0.4) is 0 Å². The Hall–Kier alpha value is -1.40. The van der Waals surface area contributed by atoms with Gasteiger partial charge in [0.15, 0.2) is 0 Å². The quantitative estimate of drug-likeness (QED) is 0.668. The molecule has 0 unspecified atom stereocenters. The third kappa shape index (κ3) is 2.64. The Morgan fingerprint density at radius 1 is 1.32 bits per heavy atom. The molecule has 2 N–H and O–H groups in total. The van der Waals surface area contributed by atoms with Gasteiger partial charge in [0.1, 0.15) is 10.7 Å². The zero-order valence-electron chi connectivity index (χ0n) is 11.0. The van der Waals surface area contributed by atoms with Gasteiger partial charge in [0.05, 0.1) is 0 Å². The molecule has 0 saturated heterocycles. The number of hydrogen-bond donors (Lipinski definition) is 1. The molecule has 1 aliphatic heterocycles. The standard InChI is InChI=1S/C13H17FN2O2S/c1-9-4-3-5-16(8-9)19(17,18)12-7-11(15)6-10(2)13(12)14/h4,6-7H,3,5,8,15H2,1-2H3. The number of hydrogen-bond acceptors (Lipinski definition) is 3. The molecule has 1 aromatic carbocycles. The molecular formula is C13H17FN2O2S. The number of sulfonamides is 1. The minimum absolute atomic E-state index is 0.239. The monoisotopic (exact) mass is 284 g/mol. The number of nitrogens with two attached hydrogens (primary N) is 1. The molecule has 2 rings (SSSR count). The number of anilines is 1. The Morgan fingerprint density at radius 3 is 2.63 bits per heavy atom. The highest BCUT2D eigenvalue weighted by molar-refractivity contribution is 7.89. The summed E-state index contributed by atoms with van der Waals surface area (Å²) in [5.74, 6) is -0.721. The molecule has 0 bridgehead atoms. The number of nitrogen functional groups attached to an aromatic ring is 1. The van der Waals surface area contributed by atoms with E-state index in [2.05, 4.69) is 0 Å². The van der Waals surface area contributed by atoms with Crippen molar-refractivity contribution in [1.29, 1.82) is 0 Å². The van der Waals surface area contributed by atoms with Crippen LogP contribution in [0.4, 0.5) is 10.1 Å². The van der Waals surface area contributed by atoms with Gasteiger partial charge in [-0.1, -0.05) is 11.6 Å². The molecule has 6 heteroatoms. The molecule has 1 aromatic rings. The van der Waals surface area contributed by atoms with Crippen molar-refractivity contribution in [1.82, 2.24) is 4.31 Å². The molecule has 0 saturated carbocycles. The van der Waals surface area contributed by atoms with E-state index in [0.717, 1.165) is 5.57 Å². The van der Waals surface area contributed by atoms with Crippen molar-refractivity contribution < 1.29 is 12.8 Å². The van der Waals surface area contributed by atoms with E-state index in [4.69, 9.17) is 5.73 Å². The molecule has 0 aliphatic carbocycles. The first kappa shape index (κ1) is 14.0. The number of nitrogens with zero attached hydrogens (tertiary/aromatic N) is 1. The van der Waals surface area contributed by atoms with Crippen LogP contribution in [0, 0.1) is 12.7 Å².